The summed E-state index contributed by atoms with van der Waals surface area (Å²) in [5.41, 5.74) is 4.19. The summed E-state index contributed by atoms with van der Waals surface area (Å²) in [6.45, 7) is 1.88. The molecule has 0 bridgehead atoms. The summed E-state index contributed by atoms with van der Waals surface area (Å²) in [5, 5.41) is 16.2. The summed E-state index contributed by atoms with van der Waals surface area (Å²) in [6, 6.07) is 7.10. The third-order valence-corrected chi connectivity index (χ3v) is 4.70. The zero-order valence-corrected chi connectivity index (χ0v) is 13.6. The van der Waals surface area contributed by atoms with Crippen molar-refractivity contribution in [3.63, 3.8) is 0 Å². The lowest BCUT2D eigenvalue weighted by Crippen LogP contribution is -2.47. The number of nitrogens with zero attached hydrogens (tertiary/aromatic N) is 2. The van der Waals surface area contributed by atoms with Gasteiger partial charge in [0, 0.05) is 36.7 Å². The molecule has 0 amide bonds. The molecule has 1 aliphatic carbocycles. The number of ether oxygens (including phenoxy) is 1. The van der Waals surface area contributed by atoms with Crippen molar-refractivity contribution in [2.75, 3.05) is 20.2 Å². The number of aliphatic carboxylic acids is 2. The third kappa shape index (κ3) is 2.76. The molecule has 0 spiro atoms. The lowest BCUT2D eigenvalue weighted by atomic mass is 9.85. The van der Waals surface area contributed by atoms with E-state index in [4.69, 9.17) is 24.5 Å². The van der Waals surface area contributed by atoms with Crippen LogP contribution in [0.2, 0.25) is 0 Å². The van der Waals surface area contributed by atoms with E-state index in [9.17, 15) is 0 Å². The highest BCUT2D eigenvalue weighted by molar-refractivity contribution is 6.27. The molecule has 2 aliphatic rings. The first-order valence-corrected chi connectivity index (χ1v) is 7.75. The maximum Gasteiger partial charge on any atom is 0.414 e. The van der Waals surface area contributed by atoms with E-state index in [1.165, 1.54) is 22.0 Å². The van der Waals surface area contributed by atoms with Crippen LogP contribution in [0.25, 0.3) is 10.9 Å². The molecule has 1 aromatic heterocycles. The van der Waals surface area contributed by atoms with E-state index in [1.807, 2.05) is 0 Å². The van der Waals surface area contributed by atoms with E-state index in [0.717, 1.165) is 19.6 Å². The number of carboxylic acids is 2. The van der Waals surface area contributed by atoms with Gasteiger partial charge in [-0.1, -0.05) is 12.1 Å². The Balaban J connectivity index is 0.000000246. The van der Waals surface area contributed by atoms with Gasteiger partial charge >= 0.3 is 11.9 Å². The standard InChI is InChI=1S/C15H18N2O.C2H2O4/c1-16-6-7-18-15-11-4-3-5-12-14(11)10(8-13(15)16)9-17(12)2;3-1(4)2(5)6/h3-5,9,13,15H,6-8H2,1-2H3;(H,3,4)(H,5,6). The van der Waals surface area contributed by atoms with E-state index in [0.29, 0.717) is 6.04 Å². The number of hydrogen-bond donors (Lipinski definition) is 2. The van der Waals surface area contributed by atoms with Crippen molar-refractivity contribution >= 4 is 22.8 Å². The van der Waals surface area contributed by atoms with Crippen molar-refractivity contribution in [2.45, 2.75) is 18.6 Å². The van der Waals surface area contributed by atoms with Crippen LogP contribution in [0, 0.1) is 0 Å². The van der Waals surface area contributed by atoms with Crippen molar-refractivity contribution in [3.05, 3.63) is 35.5 Å². The summed E-state index contributed by atoms with van der Waals surface area (Å²) >= 11 is 0. The fourth-order valence-corrected chi connectivity index (χ4v) is 3.58. The molecule has 1 aliphatic heterocycles. The second-order valence-electron chi connectivity index (χ2n) is 6.16. The largest absolute Gasteiger partial charge is 0.473 e. The number of carboxylic acid groups (broad SMARTS) is 2. The summed E-state index contributed by atoms with van der Waals surface area (Å²) in [6.07, 6.45) is 3.64. The van der Waals surface area contributed by atoms with Crippen LogP contribution in [-0.4, -0.2) is 57.9 Å². The Morgan fingerprint density at radius 1 is 1.21 bits per heavy atom. The number of aromatic nitrogens is 1. The molecule has 2 atom stereocenters. The van der Waals surface area contributed by atoms with Gasteiger partial charge in [-0.3, -0.25) is 4.90 Å². The number of likely N-dealkylation sites (N-methyl/N-ethyl adjacent to an activating group) is 1. The van der Waals surface area contributed by atoms with Gasteiger partial charge in [-0.05, 0) is 30.7 Å². The maximum atomic E-state index is 9.10. The molecule has 1 saturated heterocycles. The van der Waals surface area contributed by atoms with Crippen LogP contribution < -0.4 is 0 Å². The molecule has 0 saturated carbocycles. The molecule has 2 N–H and O–H groups in total. The number of carbonyl (C=O) groups is 2. The molecule has 7 nitrogen and oxygen atoms in total. The van der Waals surface area contributed by atoms with E-state index < -0.39 is 11.9 Å². The van der Waals surface area contributed by atoms with Gasteiger partial charge in [0.15, 0.2) is 0 Å². The second-order valence-corrected chi connectivity index (χ2v) is 6.16. The zero-order chi connectivity index (χ0) is 17.4. The Labute approximate surface area is 139 Å². The number of rotatable bonds is 0. The normalized spacial score (nSPS) is 22.4. The summed E-state index contributed by atoms with van der Waals surface area (Å²) in [7, 11) is 4.35. The lowest BCUT2D eigenvalue weighted by Gasteiger charge is -2.41. The third-order valence-electron chi connectivity index (χ3n) is 4.70. The van der Waals surface area contributed by atoms with Gasteiger partial charge < -0.3 is 19.5 Å². The highest BCUT2D eigenvalue weighted by atomic mass is 16.5. The Morgan fingerprint density at radius 2 is 1.92 bits per heavy atom. The minimum Gasteiger partial charge on any atom is -0.473 e. The SMILES string of the molecule is CN1CCOC2c3cccc4c3c(cn4C)CC21.O=C(O)C(=O)O. The maximum absolute atomic E-state index is 9.10. The fourth-order valence-electron chi connectivity index (χ4n) is 3.58. The Bertz CT molecular complexity index is 786. The predicted molar refractivity (Wildman–Crippen MR) is 87.0 cm³/mol. The number of aryl methyl sites for hydroxylation is 1. The minimum atomic E-state index is -1.82. The molecule has 1 aromatic carbocycles. The molecule has 2 aromatic rings. The van der Waals surface area contributed by atoms with Gasteiger partial charge in [-0.15, -0.1) is 0 Å². The Hall–Kier alpha value is -2.38. The summed E-state index contributed by atoms with van der Waals surface area (Å²) in [5.74, 6) is -3.65. The van der Waals surface area contributed by atoms with Gasteiger partial charge in [0.05, 0.1) is 12.7 Å². The minimum absolute atomic E-state index is 0.252. The van der Waals surface area contributed by atoms with Gasteiger partial charge in [0.2, 0.25) is 0 Å². The first-order valence-electron chi connectivity index (χ1n) is 7.75. The molecule has 7 heteroatoms. The molecule has 1 fully saturated rings. The van der Waals surface area contributed by atoms with Crippen LogP contribution >= 0.6 is 0 Å². The van der Waals surface area contributed by atoms with Gasteiger partial charge in [0.25, 0.3) is 0 Å². The molecular formula is C17H20N2O5. The quantitative estimate of drug-likeness (QED) is 0.706. The lowest BCUT2D eigenvalue weighted by molar-refractivity contribution is -0.159. The van der Waals surface area contributed by atoms with Crippen LogP contribution in [0.15, 0.2) is 24.4 Å². The molecular weight excluding hydrogens is 312 g/mol. The number of hydrogen-bond acceptors (Lipinski definition) is 4. The van der Waals surface area contributed by atoms with Crippen LogP contribution in [0.5, 0.6) is 0 Å². The van der Waals surface area contributed by atoms with E-state index in [-0.39, 0.29) is 6.10 Å². The molecule has 0 radical (unpaired) electrons. The Kier molecular flexibility index (Phi) is 4.29. The molecule has 4 rings (SSSR count). The van der Waals surface area contributed by atoms with Crippen molar-refractivity contribution in [3.8, 4) is 0 Å². The van der Waals surface area contributed by atoms with Crippen molar-refractivity contribution in [2.24, 2.45) is 7.05 Å². The van der Waals surface area contributed by atoms with Crippen molar-refractivity contribution in [1.82, 2.24) is 9.47 Å². The smallest absolute Gasteiger partial charge is 0.414 e. The summed E-state index contributed by atoms with van der Waals surface area (Å²) < 4.78 is 8.30. The highest BCUT2D eigenvalue weighted by Gasteiger charge is 2.37. The van der Waals surface area contributed by atoms with Crippen LogP contribution in [0.1, 0.15) is 17.2 Å². The second kappa shape index (κ2) is 6.26. The average Bonchev–Trinajstić information content (AvgIpc) is 2.87. The first-order chi connectivity index (χ1) is 11.4. The van der Waals surface area contributed by atoms with Crippen molar-refractivity contribution in [1.29, 1.82) is 0 Å². The zero-order valence-electron chi connectivity index (χ0n) is 13.6. The van der Waals surface area contributed by atoms with Crippen LogP contribution in [0.4, 0.5) is 0 Å². The number of benzene rings is 1. The highest BCUT2D eigenvalue weighted by Crippen LogP contribution is 2.41. The average molecular weight is 332 g/mol. The predicted octanol–water partition coefficient (Wildman–Crippen LogP) is 1.26. The van der Waals surface area contributed by atoms with Gasteiger partial charge in [0.1, 0.15) is 0 Å². The van der Waals surface area contributed by atoms with Crippen LogP contribution in [0.3, 0.4) is 0 Å². The van der Waals surface area contributed by atoms with E-state index >= 15 is 0 Å². The van der Waals surface area contributed by atoms with E-state index in [2.05, 4.69) is 48.0 Å². The Morgan fingerprint density at radius 3 is 2.58 bits per heavy atom. The van der Waals surface area contributed by atoms with Gasteiger partial charge in [-0.2, -0.15) is 0 Å². The van der Waals surface area contributed by atoms with Crippen molar-refractivity contribution < 1.29 is 24.5 Å². The monoisotopic (exact) mass is 332 g/mol. The van der Waals surface area contributed by atoms with E-state index in [1.54, 1.807) is 0 Å². The summed E-state index contributed by atoms with van der Waals surface area (Å²) in [4.78, 5) is 20.6. The molecule has 2 unspecified atom stereocenters. The molecule has 24 heavy (non-hydrogen) atoms. The molecule has 2 heterocycles. The first kappa shape index (κ1) is 16.5. The number of morpholine rings is 1. The fraction of sp³-hybridized carbons (Fsp3) is 0.412. The molecule has 128 valence electrons. The van der Waals surface area contributed by atoms with Gasteiger partial charge in [-0.25, -0.2) is 9.59 Å². The van der Waals surface area contributed by atoms with Crippen LogP contribution in [-0.2, 0) is 27.8 Å². The number of fused-ring (bicyclic) bond motifs is 2. The topological polar surface area (TPSA) is 92.0 Å².